The number of hydrogen-bond donors (Lipinski definition) is 3. The molecule has 2 aromatic rings. The Morgan fingerprint density at radius 3 is 2.59 bits per heavy atom. The number of halogens is 3. The quantitative estimate of drug-likeness (QED) is 0.352. The first kappa shape index (κ1) is 23.6. The molecule has 0 spiro atoms. The number of nitrogens with zero attached hydrogens (tertiary/aromatic N) is 3. The van der Waals surface area contributed by atoms with E-state index < -0.39 is 11.7 Å². The fourth-order valence-corrected chi connectivity index (χ4v) is 3.56. The number of anilines is 1. The molecule has 6 nitrogen and oxygen atoms in total. The first-order valence-electron chi connectivity index (χ1n) is 10.3. The Bertz CT molecular complexity index is 983. The van der Waals surface area contributed by atoms with Crippen LogP contribution in [-0.4, -0.2) is 53.8 Å². The van der Waals surface area contributed by atoms with Gasteiger partial charge in [0.25, 0.3) is 0 Å². The van der Waals surface area contributed by atoms with E-state index in [2.05, 4.69) is 16.9 Å². The van der Waals surface area contributed by atoms with Crippen LogP contribution in [0.2, 0.25) is 0 Å². The highest BCUT2D eigenvalue weighted by molar-refractivity contribution is 5.98. The molecule has 0 amide bonds. The zero-order valence-electron chi connectivity index (χ0n) is 17.8. The lowest BCUT2D eigenvalue weighted by atomic mass is 10.1. The normalized spacial score (nSPS) is 16.6. The largest absolute Gasteiger partial charge is 0.507 e. The second kappa shape index (κ2) is 10.1. The zero-order chi connectivity index (χ0) is 23.3. The van der Waals surface area contributed by atoms with Gasteiger partial charge in [-0.3, -0.25) is 15.3 Å². The average molecular weight is 448 g/mol. The maximum absolute atomic E-state index is 13.1. The number of amidine groups is 1. The minimum atomic E-state index is -4.58. The van der Waals surface area contributed by atoms with Gasteiger partial charge in [-0.05, 0) is 63.3 Å². The van der Waals surface area contributed by atoms with Gasteiger partial charge in [0, 0.05) is 11.1 Å². The number of phenols is 1. The van der Waals surface area contributed by atoms with Crippen molar-refractivity contribution in [3.63, 3.8) is 0 Å². The van der Waals surface area contributed by atoms with E-state index >= 15 is 0 Å². The number of aromatic hydroxyl groups is 1. The molecule has 0 radical (unpaired) electrons. The molecule has 4 N–H and O–H groups in total. The highest BCUT2D eigenvalue weighted by Gasteiger charge is 2.34. The van der Waals surface area contributed by atoms with E-state index in [0.717, 1.165) is 32.0 Å². The van der Waals surface area contributed by atoms with E-state index in [4.69, 9.17) is 5.73 Å². The van der Waals surface area contributed by atoms with Gasteiger partial charge < -0.3 is 15.7 Å². The van der Waals surface area contributed by atoms with Crippen LogP contribution < -0.4 is 10.8 Å². The molecular weight excluding hydrogens is 421 g/mol. The average Bonchev–Trinajstić information content (AvgIpc) is 2.76. The molecule has 1 heterocycles. The van der Waals surface area contributed by atoms with E-state index in [9.17, 15) is 23.5 Å². The lowest BCUT2D eigenvalue weighted by Gasteiger charge is -2.26. The van der Waals surface area contributed by atoms with E-state index in [1.54, 1.807) is 12.1 Å². The molecule has 0 bridgehead atoms. The predicted molar refractivity (Wildman–Crippen MR) is 119 cm³/mol. The van der Waals surface area contributed by atoms with Gasteiger partial charge in [0.1, 0.15) is 11.6 Å². The Hall–Kier alpha value is -3.04. The summed E-state index contributed by atoms with van der Waals surface area (Å²) in [6.07, 6.45) is 0.234. The summed E-state index contributed by atoms with van der Waals surface area (Å²) in [6.45, 7) is 1.70. The minimum absolute atomic E-state index is 0.0164. The lowest BCUT2D eigenvalue weighted by Crippen LogP contribution is -2.33. The third-order valence-corrected chi connectivity index (χ3v) is 5.40. The molecule has 0 aliphatic carbocycles. The van der Waals surface area contributed by atoms with Gasteiger partial charge in [0.15, 0.2) is 0 Å². The Balaban J connectivity index is 1.71. The van der Waals surface area contributed by atoms with Crippen LogP contribution in [0, 0.1) is 0 Å². The molecule has 0 unspecified atom stereocenters. The number of hydrogen-bond acceptors (Lipinski definition) is 5. The summed E-state index contributed by atoms with van der Waals surface area (Å²) in [7, 11) is 2.07. The van der Waals surface area contributed by atoms with Crippen molar-refractivity contribution in [2.75, 3.05) is 31.7 Å². The second-order valence-corrected chi connectivity index (χ2v) is 7.82. The van der Waals surface area contributed by atoms with Gasteiger partial charge in [-0.1, -0.05) is 24.3 Å². The molecule has 3 rings (SSSR count). The number of phenolic OH excluding ortho intramolecular Hbond substituents is 1. The number of para-hydroxylation sites is 1. The van der Waals surface area contributed by atoms with Crippen molar-refractivity contribution in [2.45, 2.75) is 25.1 Å². The number of hydroxylamine groups is 1. The minimum Gasteiger partial charge on any atom is -0.507 e. The molecule has 0 atom stereocenters. The van der Waals surface area contributed by atoms with E-state index in [1.807, 2.05) is 0 Å². The van der Waals surface area contributed by atoms with Gasteiger partial charge in [0.05, 0.1) is 23.8 Å². The van der Waals surface area contributed by atoms with Gasteiger partial charge in [-0.2, -0.15) is 13.2 Å². The molecular formula is C23H27F3N4O2. The van der Waals surface area contributed by atoms with Crippen LogP contribution in [0.15, 0.2) is 53.5 Å². The molecule has 1 saturated heterocycles. The van der Waals surface area contributed by atoms with Gasteiger partial charge in [-0.25, -0.2) is 0 Å². The predicted octanol–water partition coefficient (Wildman–Crippen LogP) is 4.12. The summed E-state index contributed by atoms with van der Waals surface area (Å²) >= 11 is 0. The fraction of sp³-hybridized carbons (Fsp3) is 0.348. The van der Waals surface area contributed by atoms with Crippen molar-refractivity contribution in [2.24, 2.45) is 10.7 Å². The van der Waals surface area contributed by atoms with Crippen molar-refractivity contribution in [3.05, 3.63) is 65.2 Å². The zero-order valence-corrected chi connectivity index (χ0v) is 17.8. The summed E-state index contributed by atoms with van der Waals surface area (Å²) in [5.74, 6) is 0.356. The molecule has 0 aromatic heterocycles. The van der Waals surface area contributed by atoms with Crippen LogP contribution in [0.25, 0.3) is 6.08 Å². The molecule has 2 aromatic carbocycles. The molecule has 32 heavy (non-hydrogen) atoms. The van der Waals surface area contributed by atoms with E-state index in [1.165, 1.54) is 36.4 Å². The Labute approximate surface area is 185 Å². The number of alkyl halides is 3. The smallest absolute Gasteiger partial charge is 0.418 e. The summed E-state index contributed by atoms with van der Waals surface area (Å²) in [6, 6.07) is 9.73. The Kier molecular flexibility index (Phi) is 7.42. The van der Waals surface area contributed by atoms with Crippen LogP contribution in [0.3, 0.4) is 0 Å². The van der Waals surface area contributed by atoms with Crippen LogP contribution in [0.1, 0.15) is 29.5 Å². The lowest BCUT2D eigenvalue weighted by molar-refractivity contribution is -0.137. The molecule has 9 heteroatoms. The van der Waals surface area contributed by atoms with Crippen LogP contribution in [0.4, 0.5) is 18.9 Å². The third kappa shape index (κ3) is 6.02. The van der Waals surface area contributed by atoms with Gasteiger partial charge in [0.2, 0.25) is 0 Å². The highest BCUT2D eigenvalue weighted by atomic mass is 19.4. The number of nitrogens with two attached hydrogens (primary N) is 1. The van der Waals surface area contributed by atoms with E-state index in [0.29, 0.717) is 22.0 Å². The number of piperidine rings is 1. The Morgan fingerprint density at radius 2 is 1.91 bits per heavy atom. The maximum Gasteiger partial charge on any atom is 0.418 e. The first-order valence-corrected chi connectivity index (χ1v) is 10.3. The molecule has 0 saturated carbocycles. The molecule has 1 aliphatic heterocycles. The van der Waals surface area contributed by atoms with Crippen molar-refractivity contribution in [1.82, 2.24) is 4.90 Å². The first-order chi connectivity index (χ1) is 15.1. The van der Waals surface area contributed by atoms with E-state index in [-0.39, 0.29) is 24.0 Å². The van der Waals surface area contributed by atoms with Crippen LogP contribution in [0.5, 0.6) is 5.75 Å². The fourth-order valence-electron chi connectivity index (χ4n) is 3.56. The van der Waals surface area contributed by atoms with Crippen molar-refractivity contribution in [3.8, 4) is 5.75 Å². The SMILES string of the molecule is CN1CCC(N=C(N)c2ccc(O)c(/C=C/CN(O)c3ccccc3C(F)(F)F)c2)CC1. The summed E-state index contributed by atoms with van der Waals surface area (Å²) in [5.41, 5.74) is 5.95. The van der Waals surface area contributed by atoms with Crippen molar-refractivity contribution < 1.29 is 23.5 Å². The maximum atomic E-state index is 13.1. The Morgan fingerprint density at radius 1 is 1.22 bits per heavy atom. The number of likely N-dealkylation sites (tertiary alicyclic amines) is 1. The topological polar surface area (TPSA) is 85.3 Å². The standard InChI is InChI=1S/C23H27F3N4O2/c1-29-13-10-18(11-14-29)28-22(27)17-8-9-21(31)16(15-17)5-4-12-30(32)20-7-3-2-6-19(20)23(24,25)26/h2-9,15,18,31-32H,10-14H2,1H3,(H2,27,28)/b5-4+. The third-order valence-electron chi connectivity index (χ3n) is 5.40. The highest BCUT2D eigenvalue weighted by Crippen LogP contribution is 2.36. The number of aliphatic imine (C=N–C) groups is 1. The second-order valence-electron chi connectivity index (χ2n) is 7.82. The van der Waals surface area contributed by atoms with Crippen molar-refractivity contribution in [1.29, 1.82) is 0 Å². The molecule has 172 valence electrons. The monoisotopic (exact) mass is 448 g/mol. The van der Waals surface area contributed by atoms with Gasteiger partial charge in [-0.15, -0.1) is 0 Å². The number of rotatable bonds is 6. The molecule has 1 aliphatic rings. The van der Waals surface area contributed by atoms with Crippen LogP contribution >= 0.6 is 0 Å². The summed E-state index contributed by atoms with van der Waals surface area (Å²) in [4.78, 5) is 6.84. The molecule has 1 fully saturated rings. The van der Waals surface area contributed by atoms with Crippen molar-refractivity contribution >= 4 is 17.6 Å². The summed E-state index contributed by atoms with van der Waals surface area (Å²) in [5, 5.41) is 20.8. The number of benzene rings is 2. The summed E-state index contributed by atoms with van der Waals surface area (Å²) < 4.78 is 39.4. The van der Waals surface area contributed by atoms with Crippen LogP contribution in [-0.2, 0) is 6.18 Å². The van der Waals surface area contributed by atoms with Gasteiger partial charge >= 0.3 is 6.18 Å².